The summed E-state index contributed by atoms with van der Waals surface area (Å²) in [5.41, 5.74) is 0.644. The molecule has 3 saturated carbocycles. The standard InChI is InChI=1S/C19H29NO4S.C6H12O/c1-12-2-4-13(5-3-12)18(22)20(14-6-8-15(21)9-7-14)16-10-11-25-17(16)19(23)24;7-6-4-2-1-3-5-6/h10-15,18,21-22H,2-9H2,1H3,(H,23,24);6-7H,1-5H2. The van der Waals surface area contributed by atoms with Gasteiger partial charge in [-0.05, 0) is 68.7 Å². The first-order chi connectivity index (χ1) is 15.4. The molecule has 1 unspecified atom stereocenters. The van der Waals surface area contributed by atoms with Crippen molar-refractivity contribution in [1.82, 2.24) is 0 Å². The Bertz CT molecular complexity index is 688. The van der Waals surface area contributed by atoms with Gasteiger partial charge in [0.05, 0.1) is 17.9 Å². The van der Waals surface area contributed by atoms with Crippen LogP contribution in [0.25, 0.3) is 0 Å². The van der Waals surface area contributed by atoms with Gasteiger partial charge in [0.25, 0.3) is 0 Å². The molecule has 182 valence electrons. The Morgan fingerprint density at radius 1 is 0.938 bits per heavy atom. The van der Waals surface area contributed by atoms with Crippen molar-refractivity contribution in [3.05, 3.63) is 16.3 Å². The van der Waals surface area contributed by atoms with Gasteiger partial charge in [-0.1, -0.05) is 39.0 Å². The summed E-state index contributed by atoms with van der Waals surface area (Å²) in [6.45, 7) is 2.25. The van der Waals surface area contributed by atoms with Crippen LogP contribution in [0.15, 0.2) is 11.4 Å². The highest BCUT2D eigenvalue weighted by Gasteiger charge is 2.36. The minimum Gasteiger partial charge on any atom is -0.477 e. The second kappa shape index (κ2) is 12.4. The van der Waals surface area contributed by atoms with Crippen LogP contribution in [0, 0.1) is 11.8 Å². The molecule has 7 heteroatoms. The van der Waals surface area contributed by atoms with E-state index in [0.29, 0.717) is 29.3 Å². The Balaban J connectivity index is 0.000000352. The van der Waals surface area contributed by atoms with E-state index in [2.05, 4.69) is 6.92 Å². The number of carboxylic acid groups (broad SMARTS) is 1. The fourth-order valence-electron chi connectivity index (χ4n) is 5.45. The van der Waals surface area contributed by atoms with Gasteiger partial charge >= 0.3 is 5.97 Å². The molecule has 0 bridgehead atoms. The van der Waals surface area contributed by atoms with Gasteiger partial charge in [-0.3, -0.25) is 0 Å². The predicted molar refractivity (Wildman–Crippen MR) is 128 cm³/mol. The Labute approximate surface area is 196 Å². The maximum Gasteiger partial charge on any atom is 0.348 e. The van der Waals surface area contributed by atoms with E-state index in [4.69, 9.17) is 5.11 Å². The maximum atomic E-state index is 11.6. The van der Waals surface area contributed by atoms with Crippen molar-refractivity contribution in [2.24, 2.45) is 11.8 Å². The van der Waals surface area contributed by atoms with Gasteiger partial charge < -0.3 is 25.3 Å². The summed E-state index contributed by atoms with van der Waals surface area (Å²) in [6, 6.07) is 1.92. The minimum atomic E-state index is -0.935. The summed E-state index contributed by atoms with van der Waals surface area (Å²) in [5.74, 6) is -0.0441. The van der Waals surface area contributed by atoms with Crippen LogP contribution < -0.4 is 4.90 Å². The zero-order valence-electron chi connectivity index (χ0n) is 19.4. The number of hydrogen-bond acceptors (Lipinski definition) is 6. The molecule has 3 fully saturated rings. The van der Waals surface area contributed by atoms with Crippen LogP contribution in [0.1, 0.15) is 100 Å². The van der Waals surface area contributed by atoms with E-state index in [1.807, 2.05) is 11.0 Å². The number of aliphatic hydroxyl groups is 3. The molecule has 1 atom stereocenters. The molecule has 0 aromatic carbocycles. The molecule has 1 heterocycles. The van der Waals surface area contributed by atoms with Gasteiger partial charge in [0.15, 0.2) is 0 Å². The van der Waals surface area contributed by atoms with Crippen LogP contribution in [0.2, 0.25) is 0 Å². The molecular weight excluding hydrogens is 426 g/mol. The zero-order valence-corrected chi connectivity index (χ0v) is 20.2. The quantitative estimate of drug-likeness (QED) is 0.454. The van der Waals surface area contributed by atoms with Crippen molar-refractivity contribution in [3.8, 4) is 0 Å². The van der Waals surface area contributed by atoms with Gasteiger partial charge in [-0.25, -0.2) is 4.79 Å². The van der Waals surface area contributed by atoms with Gasteiger partial charge in [0.2, 0.25) is 0 Å². The SMILES string of the molecule is CC1CCC(C(O)N(c2ccsc2C(=O)O)C2CCC(O)CC2)CC1.OC1CCCCC1. The monoisotopic (exact) mass is 467 g/mol. The van der Waals surface area contributed by atoms with Gasteiger partial charge in [0.1, 0.15) is 11.1 Å². The molecule has 32 heavy (non-hydrogen) atoms. The van der Waals surface area contributed by atoms with Gasteiger partial charge in [0, 0.05) is 12.0 Å². The van der Waals surface area contributed by atoms with Gasteiger partial charge in [-0.15, -0.1) is 11.3 Å². The van der Waals surface area contributed by atoms with Crippen molar-refractivity contribution in [2.75, 3.05) is 4.90 Å². The molecule has 0 saturated heterocycles. The number of nitrogens with zero attached hydrogens (tertiary/aromatic N) is 1. The Morgan fingerprint density at radius 3 is 2.06 bits per heavy atom. The van der Waals surface area contributed by atoms with Crippen LogP contribution in [0.4, 0.5) is 5.69 Å². The molecule has 0 radical (unpaired) electrons. The Morgan fingerprint density at radius 2 is 1.53 bits per heavy atom. The summed E-state index contributed by atoms with van der Waals surface area (Å²) >= 11 is 1.21. The van der Waals surface area contributed by atoms with Crippen molar-refractivity contribution < 1.29 is 25.2 Å². The van der Waals surface area contributed by atoms with E-state index < -0.39 is 12.2 Å². The highest BCUT2D eigenvalue weighted by Crippen LogP contribution is 2.39. The topological polar surface area (TPSA) is 101 Å². The molecule has 1 aromatic heterocycles. The van der Waals surface area contributed by atoms with E-state index in [1.165, 1.54) is 30.6 Å². The Kier molecular flexibility index (Phi) is 9.83. The molecule has 4 rings (SSSR count). The van der Waals surface area contributed by atoms with E-state index in [0.717, 1.165) is 51.4 Å². The first-order valence-electron chi connectivity index (χ1n) is 12.5. The number of aromatic carboxylic acids is 1. The molecule has 3 aliphatic rings. The lowest BCUT2D eigenvalue weighted by Crippen LogP contribution is -2.50. The van der Waals surface area contributed by atoms with Crippen LogP contribution >= 0.6 is 11.3 Å². The fraction of sp³-hybridized carbons (Fsp3) is 0.800. The summed E-state index contributed by atoms with van der Waals surface area (Å²) in [5, 5.41) is 41.2. The molecule has 0 aliphatic heterocycles. The summed E-state index contributed by atoms with van der Waals surface area (Å²) in [6.07, 6.45) is 12.2. The number of aliphatic hydroxyl groups excluding tert-OH is 3. The molecule has 0 spiro atoms. The average Bonchev–Trinajstić information content (AvgIpc) is 3.26. The maximum absolute atomic E-state index is 11.6. The molecule has 6 nitrogen and oxygen atoms in total. The first kappa shape index (κ1) is 25.5. The first-order valence-corrected chi connectivity index (χ1v) is 13.4. The molecule has 3 aliphatic carbocycles. The van der Waals surface area contributed by atoms with Gasteiger partial charge in [-0.2, -0.15) is 0 Å². The highest BCUT2D eigenvalue weighted by atomic mass is 32.1. The molecular formula is C25H41NO5S. The predicted octanol–water partition coefficient (Wildman–Crippen LogP) is 5.01. The lowest BCUT2D eigenvalue weighted by Gasteiger charge is -2.44. The van der Waals surface area contributed by atoms with Crippen molar-refractivity contribution >= 4 is 23.0 Å². The van der Waals surface area contributed by atoms with Crippen LogP contribution in [0.5, 0.6) is 0 Å². The third kappa shape index (κ3) is 6.92. The Hall–Kier alpha value is -1.15. The number of rotatable bonds is 5. The van der Waals surface area contributed by atoms with E-state index in [-0.39, 0.29) is 24.2 Å². The van der Waals surface area contributed by atoms with Crippen molar-refractivity contribution in [3.63, 3.8) is 0 Å². The van der Waals surface area contributed by atoms with Crippen LogP contribution in [-0.2, 0) is 0 Å². The molecule has 4 N–H and O–H groups in total. The summed E-state index contributed by atoms with van der Waals surface area (Å²) in [7, 11) is 0. The second-order valence-corrected chi connectivity index (χ2v) is 11.0. The fourth-order valence-corrected chi connectivity index (χ4v) is 6.18. The third-order valence-corrected chi connectivity index (χ3v) is 8.41. The van der Waals surface area contributed by atoms with Crippen molar-refractivity contribution in [2.45, 2.75) is 115 Å². The van der Waals surface area contributed by atoms with E-state index in [9.17, 15) is 20.1 Å². The molecule has 0 amide bonds. The third-order valence-electron chi connectivity index (χ3n) is 7.52. The normalized spacial score (nSPS) is 30.1. The second-order valence-electron chi connectivity index (χ2n) is 10.0. The number of carbonyl (C=O) groups is 1. The zero-order chi connectivity index (χ0) is 23.1. The number of hydrogen-bond donors (Lipinski definition) is 4. The lowest BCUT2D eigenvalue weighted by molar-refractivity contribution is 0.0520. The summed E-state index contributed by atoms with van der Waals surface area (Å²) in [4.78, 5) is 13.9. The smallest absolute Gasteiger partial charge is 0.348 e. The highest BCUT2D eigenvalue weighted by molar-refractivity contribution is 7.12. The summed E-state index contributed by atoms with van der Waals surface area (Å²) < 4.78 is 0. The van der Waals surface area contributed by atoms with E-state index >= 15 is 0 Å². The lowest BCUT2D eigenvalue weighted by atomic mass is 9.81. The number of thiophene rings is 1. The van der Waals surface area contributed by atoms with E-state index in [1.54, 1.807) is 5.38 Å². The molecule has 1 aromatic rings. The van der Waals surface area contributed by atoms with Crippen LogP contribution in [-0.4, -0.2) is 50.9 Å². The number of anilines is 1. The average molecular weight is 468 g/mol. The largest absolute Gasteiger partial charge is 0.477 e. The number of carboxylic acids is 1. The van der Waals surface area contributed by atoms with Crippen molar-refractivity contribution in [1.29, 1.82) is 0 Å². The minimum absolute atomic E-state index is 0.0359. The van der Waals surface area contributed by atoms with Crippen LogP contribution in [0.3, 0.4) is 0 Å².